The molecule has 8 heteroatoms. The van der Waals surface area contributed by atoms with Crippen molar-refractivity contribution >= 4 is 23.3 Å². The molecular weight excluding hydrogens is 417 g/mol. The molecular formula is C23H25ClFN5O. The van der Waals surface area contributed by atoms with Gasteiger partial charge in [-0.1, -0.05) is 29.8 Å². The third-order valence-corrected chi connectivity index (χ3v) is 5.86. The number of aryl methyl sites for hydroxylation is 1. The van der Waals surface area contributed by atoms with Crippen LogP contribution in [0, 0.1) is 12.7 Å². The van der Waals surface area contributed by atoms with Crippen LogP contribution in [0.1, 0.15) is 46.4 Å². The van der Waals surface area contributed by atoms with Gasteiger partial charge in [0, 0.05) is 25.8 Å². The number of pyridine rings is 1. The Balaban J connectivity index is 1.39. The van der Waals surface area contributed by atoms with E-state index in [1.54, 1.807) is 29.9 Å². The van der Waals surface area contributed by atoms with E-state index in [1.165, 1.54) is 31.4 Å². The molecule has 1 aliphatic rings. The first-order valence-corrected chi connectivity index (χ1v) is 10.8. The van der Waals surface area contributed by atoms with Crippen LogP contribution in [0.4, 0.5) is 10.2 Å². The first-order chi connectivity index (χ1) is 15.0. The number of hydrogen-bond donors (Lipinski definition) is 1. The molecule has 1 amide bonds. The van der Waals surface area contributed by atoms with Gasteiger partial charge in [-0.3, -0.25) is 4.79 Å². The van der Waals surface area contributed by atoms with Crippen LogP contribution in [-0.2, 0) is 13.1 Å². The first kappa shape index (κ1) is 21.3. The Morgan fingerprint density at radius 2 is 1.81 bits per heavy atom. The van der Waals surface area contributed by atoms with Crippen LogP contribution in [0.2, 0.25) is 5.15 Å². The van der Waals surface area contributed by atoms with Crippen molar-refractivity contribution in [3.05, 3.63) is 75.9 Å². The number of hydrogen-bond acceptors (Lipinski definition) is 4. The van der Waals surface area contributed by atoms with E-state index in [0.29, 0.717) is 24.3 Å². The first-order valence-electron chi connectivity index (χ1n) is 10.5. The summed E-state index contributed by atoms with van der Waals surface area (Å²) in [5, 5.41) is 7.54. The van der Waals surface area contributed by atoms with E-state index in [9.17, 15) is 9.18 Å². The van der Waals surface area contributed by atoms with Crippen molar-refractivity contribution in [2.45, 2.75) is 39.3 Å². The van der Waals surface area contributed by atoms with Crippen molar-refractivity contribution in [3.8, 4) is 0 Å². The van der Waals surface area contributed by atoms with Gasteiger partial charge in [0.15, 0.2) is 0 Å². The van der Waals surface area contributed by atoms with Gasteiger partial charge in [-0.25, -0.2) is 14.1 Å². The normalized spacial score (nSPS) is 14.0. The lowest BCUT2D eigenvalue weighted by Crippen LogP contribution is -2.30. The fraction of sp³-hybridized carbons (Fsp3) is 0.348. The molecule has 1 aromatic carbocycles. The largest absolute Gasteiger partial charge is 0.357 e. The second kappa shape index (κ2) is 9.47. The van der Waals surface area contributed by atoms with Gasteiger partial charge in [-0.05, 0) is 55.5 Å². The highest BCUT2D eigenvalue weighted by Crippen LogP contribution is 2.22. The Bertz CT molecular complexity index is 1040. The third-order valence-electron chi connectivity index (χ3n) is 5.48. The zero-order valence-electron chi connectivity index (χ0n) is 17.4. The fourth-order valence-corrected chi connectivity index (χ4v) is 4.10. The predicted octanol–water partition coefficient (Wildman–Crippen LogP) is 4.35. The fourth-order valence-electron chi connectivity index (χ4n) is 3.78. The molecule has 3 heterocycles. The molecule has 0 bridgehead atoms. The quantitative estimate of drug-likeness (QED) is 0.617. The average molecular weight is 442 g/mol. The van der Waals surface area contributed by atoms with Crippen LogP contribution >= 0.6 is 11.6 Å². The van der Waals surface area contributed by atoms with Gasteiger partial charge in [0.25, 0.3) is 5.91 Å². The molecule has 3 aromatic rings. The molecule has 0 spiro atoms. The maximum atomic E-state index is 13.1. The van der Waals surface area contributed by atoms with E-state index in [1.807, 2.05) is 12.1 Å². The van der Waals surface area contributed by atoms with Gasteiger partial charge in [-0.15, -0.1) is 0 Å². The van der Waals surface area contributed by atoms with Gasteiger partial charge < -0.3 is 10.2 Å². The Labute approximate surface area is 186 Å². The molecule has 0 aliphatic carbocycles. The molecule has 0 radical (unpaired) electrons. The zero-order valence-corrected chi connectivity index (χ0v) is 18.2. The van der Waals surface area contributed by atoms with Gasteiger partial charge in [0.2, 0.25) is 0 Å². The lowest BCUT2D eigenvalue weighted by atomic mass is 10.1. The summed E-state index contributed by atoms with van der Waals surface area (Å²) in [5.74, 6) is 0.397. The number of nitrogens with one attached hydrogen (secondary N) is 1. The van der Waals surface area contributed by atoms with Crippen LogP contribution in [0.25, 0.3) is 0 Å². The van der Waals surface area contributed by atoms with E-state index in [0.717, 1.165) is 30.0 Å². The number of aromatic nitrogens is 3. The van der Waals surface area contributed by atoms with E-state index in [2.05, 4.69) is 20.3 Å². The van der Waals surface area contributed by atoms with Crippen LogP contribution < -0.4 is 10.2 Å². The van der Waals surface area contributed by atoms with Crippen LogP contribution in [0.3, 0.4) is 0 Å². The number of carbonyl (C=O) groups is 1. The highest BCUT2D eigenvalue weighted by Gasteiger charge is 2.20. The van der Waals surface area contributed by atoms with Crippen molar-refractivity contribution in [1.82, 2.24) is 20.1 Å². The Kier molecular flexibility index (Phi) is 6.51. The summed E-state index contributed by atoms with van der Waals surface area (Å²) in [6, 6.07) is 10.1. The van der Waals surface area contributed by atoms with E-state index >= 15 is 0 Å². The molecule has 0 unspecified atom stereocenters. The number of nitrogens with zero attached hydrogens (tertiary/aromatic N) is 4. The standard InChI is InChI=1S/C23H25ClFN5O/c1-16-21(22(24)30(28-16)15-17-5-8-19(25)9-6-17)23(31)27-14-18-7-10-20(26-13-18)29-11-3-2-4-12-29/h5-10,13H,2-4,11-12,14-15H2,1H3,(H,27,31). The van der Waals surface area contributed by atoms with Crippen molar-refractivity contribution in [3.63, 3.8) is 0 Å². The number of amides is 1. The molecule has 6 nitrogen and oxygen atoms in total. The third kappa shape index (κ3) is 5.05. The molecule has 31 heavy (non-hydrogen) atoms. The molecule has 1 N–H and O–H groups in total. The minimum atomic E-state index is -0.301. The summed E-state index contributed by atoms with van der Waals surface area (Å²) in [5.41, 5.74) is 2.66. The molecule has 162 valence electrons. The van der Waals surface area contributed by atoms with Gasteiger partial charge in [0.05, 0.1) is 17.8 Å². The number of carbonyl (C=O) groups excluding carboxylic acids is 1. The number of piperidine rings is 1. The summed E-state index contributed by atoms with van der Waals surface area (Å²) >= 11 is 6.44. The molecule has 1 saturated heterocycles. The lowest BCUT2D eigenvalue weighted by Gasteiger charge is -2.27. The van der Waals surface area contributed by atoms with Crippen molar-refractivity contribution < 1.29 is 9.18 Å². The number of benzene rings is 1. The van der Waals surface area contributed by atoms with Crippen LogP contribution in [0.15, 0.2) is 42.6 Å². The maximum absolute atomic E-state index is 13.1. The SMILES string of the molecule is Cc1nn(Cc2ccc(F)cc2)c(Cl)c1C(=O)NCc1ccc(N2CCCCC2)nc1. The lowest BCUT2D eigenvalue weighted by molar-refractivity contribution is 0.0950. The van der Waals surface area contributed by atoms with Crippen molar-refractivity contribution in [1.29, 1.82) is 0 Å². The summed E-state index contributed by atoms with van der Waals surface area (Å²) in [6.07, 6.45) is 5.49. The number of halogens is 2. The molecule has 0 saturated carbocycles. The van der Waals surface area contributed by atoms with E-state index in [4.69, 9.17) is 11.6 Å². The predicted molar refractivity (Wildman–Crippen MR) is 119 cm³/mol. The van der Waals surface area contributed by atoms with Gasteiger partial charge >= 0.3 is 0 Å². The number of rotatable bonds is 6. The second-order valence-corrected chi connectivity index (χ2v) is 8.15. The number of anilines is 1. The van der Waals surface area contributed by atoms with E-state index < -0.39 is 0 Å². The summed E-state index contributed by atoms with van der Waals surface area (Å²) < 4.78 is 14.7. The van der Waals surface area contributed by atoms with Crippen LogP contribution in [0.5, 0.6) is 0 Å². The monoisotopic (exact) mass is 441 g/mol. The Morgan fingerprint density at radius 1 is 1.10 bits per heavy atom. The Hall–Kier alpha value is -2.93. The Morgan fingerprint density at radius 3 is 2.48 bits per heavy atom. The maximum Gasteiger partial charge on any atom is 0.256 e. The molecule has 1 fully saturated rings. The van der Waals surface area contributed by atoms with Gasteiger partial charge in [-0.2, -0.15) is 5.10 Å². The van der Waals surface area contributed by atoms with Crippen LogP contribution in [-0.4, -0.2) is 33.8 Å². The highest BCUT2D eigenvalue weighted by atomic mass is 35.5. The smallest absolute Gasteiger partial charge is 0.256 e. The summed E-state index contributed by atoms with van der Waals surface area (Å²) in [7, 11) is 0. The topological polar surface area (TPSA) is 63.1 Å². The minimum Gasteiger partial charge on any atom is -0.357 e. The van der Waals surface area contributed by atoms with Crippen molar-refractivity contribution in [2.75, 3.05) is 18.0 Å². The zero-order chi connectivity index (χ0) is 21.8. The summed E-state index contributed by atoms with van der Waals surface area (Å²) in [4.78, 5) is 19.6. The molecule has 2 aromatic heterocycles. The van der Waals surface area contributed by atoms with E-state index in [-0.39, 0.29) is 16.9 Å². The molecule has 0 atom stereocenters. The average Bonchev–Trinajstić information content (AvgIpc) is 3.07. The van der Waals surface area contributed by atoms with Gasteiger partial charge in [0.1, 0.15) is 16.8 Å². The summed E-state index contributed by atoms with van der Waals surface area (Å²) in [6.45, 7) is 4.54. The second-order valence-electron chi connectivity index (χ2n) is 7.79. The highest BCUT2D eigenvalue weighted by molar-refractivity contribution is 6.33. The minimum absolute atomic E-state index is 0.262. The van der Waals surface area contributed by atoms with Crippen molar-refractivity contribution in [2.24, 2.45) is 0 Å². The molecule has 4 rings (SSSR count). The molecule has 1 aliphatic heterocycles.